The summed E-state index contributed by atoms with van der Waals surface area (Å²) in [6, 6.07) is 0. The van der Waals surface area contributed by atoms with Crippen molar-refractivity contribution in [2.75, 3.05) is 0 Å². The Morgan fingerprint density at radius 1 is 1.44 bits per heavy atom. The third-order valence-electron chi connectivity index (χ3n) is 2.94. The minimum atomic E-state index is -0.215. The number of nitrogens with zero attached hydrogens (tertiary/aromatic N) is 2. The van der Waals surface area contributed by atoms with Crippen molar-refractivity contribution < 1.29 is 5.11 Å². The maximum absolute atomic E-state index is 9.69. The molecule has 0 amide bonds. The fourth-order valence-electron chi connectivity index (χ4n) is 1.76. The fourth-order valence-corrected chi connectivity index (χ4v) is 2.02. The van der Waals surface area contributed by atoms with Gasteiger partial charge in [0.05, 0.1) is 22.5 Å². The number of rotatable bonds is 5. The standard InChI is InChI=1S/C12H21ClN2O/c1-8(2)11(16)7-5-6-10-12(13)9(3)14-15(10)4/h8,11,16H,5-7H2,1-4H3. The van der Waals surface area contributed by atoms with E-state index < -0.39 is 0 Å². The minimum Gasteiger partial charge on any atom is -0.393 e. The third kappa shape index (κ3) is 3.22. The summed E-state index contributed by atoms with van der Waals surface area (Å²) in [7, 11) is 1.91. The number of hydrogen-bond donors (Lipinski definition) is 1. The first-order valence-electron chi connectivity index (χ1n) is 5.79. The molecule has 0 saturated carbocycles. The van der Waals surface area contributed by atoms with Crippen LogP contribution in [0, 0.1) is 12.8 Å². The van der Waals surface area contributed by atoms with Gasteiger partial charge in [0.25, 0.3) is 0 Å². The van der Waals surface area contributed by atoms with Gasteiger partial charge in [-0.05, 0) is 32.1 Å². The van der Waals surface area contributed by atoms with Crippen LogP contribution in [0.3, 0.4) is 0 Å². The number of aromatic nitrogens is 2. The van der Waals surface area contributed by atoms with Crippen LogP contribution in [0.4, 0.5) is 0 Å². The highest BCUT2D eigenvalue weighted by molar-refractivity contribution is 6.31. The first kappa shape index (κ1) is 13.5. The van der Waals surface area contributed by atoms with Gasteiger partial charge in [-0.1, -0.05) is 25.4 Å². The second-order valence-corrected chi connectivity index (χ2v) is 5.05. The summed E-state index contributed by atoms with van der Waals surface area (Å²) in [6.45, 7) is 5.98. The number of aliphatic hydroxyl groups is 1. The molecule has 4 heteroatoms. The van der Waals surface area contributed by atoms with Gasteiger partial charge in [-0.2, -0.15) is 5.10 Å². The molecule has 1 aromatic rings. The zero-order valence-electron chi connectivity index (χ0n) is 10.5. The van der Waals surface area contributed by atoms with Crippen LogP contribution >= 0.6 is 11.6 Å². The van der Waals surface area contributed by atoms with E-state index in [1.54, 1.807) is 0 Å². The van der Waals surface area contributed by atoms with Crippen LogP contribution in [0.1, 0.15) is 38.1 Å². The highest BCUT2D eigenvalue weighted by Crippen LogP contribution is 2.21. The summed E-state index contributed by atoms with van der Waals surface area (Å²) in [6.07, 6.45) is 2.42. The summed E-state index contributed by atoms with van der Waals surface area (Å²) >= 11 is 6.15. The number of halogens is 1. The molecule has 1 unspecified atom stereocenters. The van der Waals surface area contributed by atoms with Gasteiger partial charge in [-0.3, -0.25) is 4.68 Å². The smallest absolute Gasteiger partial charge is 0.0846 e. The minimum absolute atomic E-state index is 0.215. The molecule has 0 spiro atoms. The van der Waals surface area contributed by atoms with Crippen LogP contribution in [0.15, 0.2) is 0 Å². The molecule has 1 N–H and O–H groups in total. The molecule has 0 bridgehead atoms. The van der Waals surface area contributed by atoms with Gasteiger partial charge in [0.15, 0.2) is 0 Å². The van der Waals surface area contributed by atoms with Gasteiger partial charge in [0, 0.05) is 7.05 Å². The highest BCUT2D eigenvalue weighted by atomic mass is 35.5. The zero-order chi connectivity index (χ0) is 12.3. The van der Waals surface area contributed by atoms with E-state index >= 15 is 0 Å². The van der Waals surface area contributed by atoms with Crippen LogP contribution in [0.5, 0.6) is 0 Å². The van der Waals surface area contributed by atoms with E-state index in [0.717, 1.165) is 35.7 Å². The van der Waals surface area contributed by atoms with Crippen LogP contribution < -0.4 is 0 Å². The van der Waals surface area contributed by atoms with Gasteiger partial charge < -0.3 is 5.11 Å². The first-order chi connectivity index (χ1) is 7.43. The molecule has 0 aromatic carbocycles. The Hall–Kier alpha value is -0.540. The molecule has 1 heterocycles. The van der Waals surface area contributed by atoms with Crippen molar-refractivity contribution in [3.05, 3.63) is 16.4 Å². The van der Waals surface area contributed by atoms with E-state index in [1.165, 1.54) is 0 Å². The summed E-state index contributed by atoms with van der Waals surface area (Å²) in [4.78, 5) is 0. The summed E-state index contributed by atoms with van der Waals surface area (Å²) in [5, 5.41) is 14.7. The van der Waals surface area contributed by atoms with Crippen LogP contribution in [-0.2, 0) is 13.5 Å². The maximum atomic E-state index is 9.69. The SMILES string of the molecule is Cc1nn(C)c(CCCC(O)C(C)C)c1Cl. The molecule has 0 saturated heterocycles. The van der Waals surface area contributed by atoms with E-state index in [-0.39, 0.29) is 6.10 Å². The fraction of sp³-hybridized carbons (Fsp3) is 0.750. The molecule has 3 nitrogen and oxygen atoms in total. The molecule has 0 aliphatic rings. The lowest BCUT2D eigenvalue weighted by atomic mass is 10.0. The molecule has 1 atom stereocenters. The van der Waals surface area contributed by atoms with Crippen molar-refractivity contribution in [1.82, 2.24) is 9.78 Å². The number of hydrogen-bond acceptors (Lipinski definition) is 2. The Kier molecular flexibility index (Phi) is 4.81. The molecule has 0 aliphatic carbocycles. The Morgan fingerprint density at radius 2 is 2.06 bits per heavy atom. The third-order valence-corrected chi connectivity index (χ3v) is 3.44. The molecule has 1 rings (SSSR count). The Morgan fingerprint density at radius 3 is 2.50 bits per heavy atom. The van der Waals surface area contributed by atoms with Gasteiger partial charge in [-0.15, -0.1) is 0 Å². The maximum Gasteiger partial charge on any atom is 0.0846 e. The van der Waals surface area contributed by atoms with Crippen molar-refractivity contribution >= 4 is 11.6 Å². The van der Waals surface area contributed by atoms with Gasteiger partial charge >= 0.3 is 0 Å². The lowest BCUT2D eigenvalue weighted by Gasteiger charge is -2.13. The van der Waals surface area contributed by atoms with Gasteiger partial charge in [0.2, 0.25) is 0 Å². The average molecular weight is 245 g/mol. The van der Waals surface area contributed by atoms with E-state index in [2.05, 4.69) is 5.10 Å². The van der Waals surface area contributed by atoms with Crippen LogP contribution in [0.2, 0.25) is 5.02 Å². The second kappa shape index (κ2) is 5.69. The van der Waals surface area contributed by atoms with E-state index in [1.807, 2.05) is 32.5 Å². The first-order valence-corrected chi connectivity index (χ1v) is 6.17. The van der Waals surface area contributed by atoms with Crippen molar-refractivity contribution in [3.63, 3.8) is 0 Å². The Bertz CT molecular complexity index is 347. The average Bonchev–Trinajstić information content (AvgIpc) is 2.44. The predicted molar refractivity (Wildman–Crippen MR) is 66.7 cm³/mol. The summed E-state index contributed by atoms with van der Waals surface area (Å²) in [5.74, 6) is 0.323. The largest absolute Gasteiger partial charge is 0.393 e. The lowest BCUT2D eigenvalue weighted by Crippen LogP contribution is -2.14. The topological polar surface area (TPSA) is 38.0 Å². The monoisotopic (exact) mass is 244 g/mol. The van der Waals surface area contributed by atoms with E-state index in [0.29, 0.717) is 5.92 Å². The molecular formula is C12H21ClN2O. The highest BCUT2D eigenvalue weighted by Gasteiger charge is 2.13. The summed E-state index contributed by atoms with van der Waals surface area (Å²) in [5.41, 5.74) is 1.94. The zero-order valence-corrected chi connectivity index (χ0v) is 11.3. The molecule has 0 aliphatic heterocycles. The molecule has 92 valence electrons. The number of aryl methyl sites for hydroxylation is 2. The second-order valence-electron chi connectivity index (χ2n) is 4.67. The quantitative estimate of drug-likeness (QED) is 0.865. The summed E-state index contributed by atoms with van der Waals surface area (Å²) < 4.78 is 1.83. The lowest BCUT2D eigenvalue weighted by molar-refractivity contribution is 0.114. The molecule has 0 fully saturated rings. The van der Waals surface area contributed by atoms with Crippen molar-refractivity contribution in [2.24, 2.45) is 13.0 Å². The van der Waals surface area contributed by atoms with E-state index in [4.69, 9.17) is 11.6 Å². The molecular weight excluding hydrogens is 224 g/mol. The van der Waals surface area contributed by atoms with Crippen LogP contribution in [-0.4, -0.2) is 21.0 Å². The molecule has 1 aromatic heterocycles. The van der Waals surface area contributed by atoms with Gasteiger partial charge in [-0.25, -0.2) is 0 Å². The van der Waals surface area contributed by atoms with Crippen molar-refractivity contribution in [3.8, 4) is 0 Å². The molecule has 16 heavy (non-hydrogen) atoms. The Labute approximate surface area is 102 Å². The predicted octanol–water partition coefficient (Wildman–Crippen LogP) is 2.72. The molecule has 0 radical (unpaired) electrons. The van der Waals surface area contributed by atoms with E-state index in [9.17, 15) is 5.11 Å². The Balaban J connectivity index is 2.49. The number of aliphatic hydroxyl groups excluding tert-OH is 1. The van der Waals surface area contributed by atoms with Crippen molar-refractivity contribution in [1.29, 1.82) is 0 Å². The van der Waals surface area contributed by atoms with Crippen molar-refractivity contribution in [2.45, 2.75) is 46.1 Å². The van der Waals surface area contributed by atoms with Crippen LogP contribution in [0.25, 0.3) is 0 Å². The van der Waals surface area contributed by atoms with Gasteiger partial charge in [0.1, 0.15) is 0 Å². The normalized spacial score (nSPS) is 13.4.